The first kappa shape index (κ1) is 12.7. The topological polar surface area (TPSA) is 54.6 Å². The lowest BCUT2D eigenvalue weighted by molar-refractivity contribution is 0.0701. The summed E-state index contributed by atoms with van der Waals surface area (Å²) in [5.74, 6) is -2.38. The molecule has 0 saturated carbocycles. The number of fused-ring (bicyclic) bond motifs is 1. The number of aryl methyl sites for hydroxylation is 1. The molecule has 7 heteroatoms. The van der Waals surface area contributed by atoms with Crippen molar-refractivity contribution < 1.29 is 18.7 Å². The lowest BCUT2D eigenvalue weighted by Crippen LogP contribution is -1.96. The largest absolute Gasteiger partial charge is 0.477 e. The average Bonchev–Trinajstić information content (AvgIpc) is 2.88. The van der Waals surface area contributed by atoms with E-state index in [0.717, 1.165) is 17.4 Å². The minimum absolute atomic E-state index is 0.199. The number of thiazole rings is 1. The van der Waals surface area contributed by atoms with Gasteiger partial charge in [0.1, 0.15) is 16.5 Å². The summed E-state index contributed by atoms with van der Waals surface area (Å²) in [7, 11) is 0. The third kappa shape index (κ3) is 1.96. The fourth-order valence-corrected chi connectivity index (χ4v) is 2.94. The number of imidazole rings is 1. The van der Waals surface area contributed by atoms with Gasteiger partial charge in [0.15, 0.2) is 4.96 Å². The molecule has 3 aromatic rings. The summed E-state index contributed by atoms with van der Waals surface area (Å²) in [6.07, 6.45) is 1.57. The summed E-state index contributed by atoms with van der Waals surface area (Å²) in [5.41, 5.74) is 1.25. The van der Waals surface area contributed by atoms with Crippen molar-refractivity contribution in [1.29, 1.82) is 0 Å². The molecule has 2 heterocycles. The zero-order valence-electron chi connectivity index (χ0n) is 10.2. The molecule has 0 unspecified atom stereocenters. The Bertz CT molecular complexity index is 818. The molecule has 20 heavy (non-hydrogen) atoms. The highest BCUT2D eigenvalue weighted by atomic mass is 32.1. The van der Waals surface area contributed by atoms with Crippen molar-refractivity contribution in [1.82, 2.24) is 9.38 Å². The van der Waals surface area contributed by atoms with Crippen LogP contribution in [-0.2, 0) is 0 Å². The molecule has 0 aliphatic carbocycles. The summed E-state index contributed by atoms with van der Waals surface area (Å²) < 4.78 is 28.0. The summed E-state index contributed by atoms with van der Waals surface area (Å²) in [5, 5.41) is 9.01. The molecular formula is C13H8F2N2O2S. The van der Waals surface area contributed by atoms with E-state index in [1.54, 1.807) is 17.5 Å². The first-order valence-electron chi connectivity index (χ1n) is 5.64. The van der Waals surface area contributed by atoms with Gasteiger partial charge in [-0.3, -0.25) is 4.40 Å². The van der Waals surface area contributed by atoms with E-state index in [1.807, 2.05) is 0 Å². The molecule has 0 bridgehead atoms. The van der Waals surface area contributed by atoms with Crippen LogP contribution >= 0.6 is 11.3 Å². The maximum Gasteiger partial charge on any atom is 0.347 e. The minimum atomic E-state index is -1.02. The second kappa shape index (κ2) is 4.38. The third-order valence-corrected chi connectivity index (χ3v) is 4.05. The first-order chi connectivity index (χ1) is 9.45. The van der Waals surface area contributed by atoms with Gasteiger partial charge < -0.3 is 5.11 Å². The Balaban J connectivity index is 2.16. The van der Waals surface area contributed by atoms with Crippen LogP contribution in [-0.4, -0.2) is 20.5 Å². The second-order valence-electron chi connectivity index (χ2n) is 4.26. The normalized spacial score (nSPS) is 11.2. The van der Waals surface area contributed by atoms with Crippen molar-refractivity contribution in [3.05, 3.63) is 46.6 Å². The van der Waals surface area contributed by atoms with E-state index < -0.39 is 17.6 Å². The van der Waals surface area contributed by atoms with Crippen LogP contribution in [0.25, 0.3) is 16.2 Å². The summed E-state index contributed by atoms with van der Waals surface area (Å²) >= 11 is 1.02. The van der Waals surface area contributed by atoms with Gasteiger partial charge in [0.05, 0.1) is 5.69 Å². The fraction of sp³-hybridized carbons (Fsp3) is 0.0769. The van der Waals surface area contributed by atoms with E-state index in [2.05, 4.69) is 4.98 Å². The van der Waals surface area contributed by atoms with Gasteiger partial charge in [-0.05, 0) is 19.1 Å². The number of carboxylic acids is 1. The van der Waals surface area contributed by atoms with Crippen molar-refractivity contribution >= 4 is 22.3 Å². The Morgan fingerprint density at radius 1 is 1.30 bits per heavy atom. The lowest BCUT2D eigenvalue weighted by atomic mass is 10.1. The molecule has 1 aromatic carbocycles. The fourth-order valence-electron chi connectivity index (χ4n) is 1.99. The third-order valence-electron chi connectivity index (χ3n) is 2.91. The molecule has 4 nitrogen and oxygen atoms in total. The Morgan fingerprint density at radius 2 is 1.95 bits per heavy atom. The molecule has 102 valence electrons. The Morgan fingerprint density at radius 3 is 2.50 bits per heavy atom. The summed E-state index contributed by atoms with van der Waals surface area (Å²) in [6.45, 7) is 1.66. The SMILES string of the molecule is Cc1c(C(=O)O)sc2nc(-c3cc(F)cc(F)c3)cn12. The van der Waals surface area contributed by atoms with Gasteiger partial charge >= 0.3 is 5.97 Å². The highest BCUT2D eigenvalue weighted by Gasteiger charge is 2.17. The molecule has 0 atom stereocenters. The number of aromatic carboxylic acids is 1. The molecule has 0 aliphatic heterocycles. The lowest BCUT2D eigenvalue weighted by Gasteiger charge is -1.97. The zero-order valence-corrected chi connectivity index (χ0v) is 11.0. The molecule has 0 saturated heterocycles. The molecule has 3 rings (SSSR count). The van der Waals surface area contributed by atoms with Crippen LogP contribution in [0.3, 0.4) is 0 Å². The monoisotopic (exact) mass is 294 g/mol. The predicted octanol–water partition coefficient (Wildman–Crippen LogP) is 3.35. The predicted molar refractivity (Wildman–Crippen MR) is 70.1 cm³/mol. The van der Waals surface area contributed by atoms with Crippen LogP contribution < -0.4 is 0 Å². The van der Waals surface area contributed by atoms with Crippen LogP contribution in [0.2, 0.25) is 0 Å². The number of hydrogen-bond donors (Lipinski definition) is 1. The number of halogens is 2. The minimum Gasteiger partial charge on any atom is -0.477 e. The molecule has 0 radical (unpaired) electrons. The number of benzene rings is 1. The number of aromatic nitrogens is 2. The Hall–Kier alpha value is -2.28. The molecule has 2 aromatic heterocycles. The highest BCUT2D eigenvalue weighted by Crippen LogP contribution is 2.27. The number of nitrogens with zero attached hydrogens (tertiary/aromatic N) is 2. The van der Waals surface area contributed by atoms with Gasteiger partial charge in [0, 0.05) is 23.5 Å². The highest BCUT2D eigenvalue weighted by molar-refractivity contribution is 7.19. The Labute approximate surface area is 115 Å². The maximum absolute atomic E-state index is 13.2. The molecular weight excluding hydrogens is 286 g/mol. The Kier molecular flexibility index (Phi) is 2.79. The van der Waals surface area contributed by atoms with Gasteiger partial charge in [-0.2, -0.15) is 0 Å². The van der Waals surface area contributed by atoms with Crippen LogP contribution in [0.15, 0.2) is 24.4 Å². The van der Waals surface area contributed by atoms with Crippen molar-refractivity contribution in [3.63, 3.8) is 0 Å². The van der Waals surface area contributed by atoms with Crippen molar-refractivity contribution in [2.24, 2.45) is 0 Å². The number of rotatable bonds is 2. The standard InChI is InChI=1S/C13H8F2N2O2S/c1-6-11(12(18)19)20-13-16-10(5-17(6)13)7-2-8(14)4-9(15)3-7/h2-5H,1H3,(H,18,19). The van der Waals surface area contributed by atoms with Crippen molar-refractivity contribution in [3.8, 4) is 11.3 Å². The molecule has 0 aliphatic rings. The molecule has 0 fully saturated rings. The smallest absolute Gasteiger partial charge is 0.347 e. The van der Waals surface area contributed by atoms with Gasteiger partial charge in [-0.1, -0.05) is 11.3 Å². The molecule has 0 amide bonds. The van der Waals surface area contributed by atoms with Gasteiger partial charge in [0.25, 0.3) is 0 Å². The van der Waals surface area contributed by atoms with Crippen molar-refractivity contribution in [2.45, 2.75) is 6.92 Å². The number of carbonyl (C=O) groups is 1. The van der Waals surface area contributed by atoms with E-state index >= 15 is 0 Å². The molecule has 0 spiro atoms. The average molecular weight is 294 g/mol. The van der Waals surface area contributed by atoms with Crippen LogP contribution in [0.1, 0.15) is 15.4 Å². The first-order valence-corrected chi connectivity index (χ1v) is 6.45. The van der Waals surface area contributed by atoms with Crippen LogP contribution in [0.5, 0.6) is 0 Å². The van der Waals surface area contributed by atoms with E-state index in [-0.39, 0.29) is 4.88 Å². The van der Waals surface area contributed by atoms with E-state index in [1.165, 1.54) is 12.1 Å². The van der Waals surface area contributed by atoms with Crippen LogP contribution in [0, 0.1) is 18.6 Å². The summed E-state index contributed by atoms with van der Waals surface area (Å²) in [4.78, 5) is 15.9. The van der Waals surface area contributed by atoms with E-state index in [0.29, 0.717) is 21.9 Å². The van der Waals surface area contributed by atoms with Gasteiger partial charge in [-0.15, -0.1) is 0 Å². The van der Waals surface area contributed by atoms with Gasteiger partial charge in [-0.25, -0.2) is 18.6 Å². The maximum atomic E-state index is 13.2. The zero-order chi connectivity index (χ0) is 14.4. The summed E-state index contributed by atoms with van der Waals surface area (Å²) in [6, 6.07) is 3.15. The molecule has 1 N–H and O–H groups in total. The number of hydrogen-bond acceptors (Lipinski definition) is 3. The van der Waals surface area contributed by atoms with Gasteiger partial charge in [0.2, 0.25) is 0 Å². The van der Waals surface area contributed by atoms with E-state index in [4.69, 9.17) is 5.11 Å². The quantitative estimate of drug-likeness (QED) is 0.788. The van der Waals surface area contributed by atoms with E-state index in [9.17, 15) is 13.6 Å². The van der Waals surface area contributed by atoms with Crippen molar-refractivity contribution in [2.75, 3.05) is 0 Å². The number of carboxylic acid groups (broad SMARTS) is 1. The van der Waals surface area contributed by atoms with Crippen LogP contribution in [0.4, 0.5) is 8.78 Å². The second-order valence-corrected chi connectivity index (χ2v) is 5.24.